The molecule has 0 aliphatic rings. The van der Waals surface area contributed by atoms with Gasteiger partial charge in [-0.3, -0.25) is 0 Å². The van der Waals surface area contributed by atoms with Crippen molar-refractivity contribution in [1.29, 1.82) is 0 Å². The van der Waals surface area contributed by atoms with E-state index in [0.717, 1.165) is 31.9 Å². The van der Waals surface area contributed by atoms with Crippen LogP contribution in [0.3, 0.4) is 0 Å². The average Bonchev–Trinajstić information content (AvgIpc) is 2.36. The summed E-state index contributed by atoms with van der Waals surface area (Å²) in [6.07, 6.45) is 2.22. The second kappa shape index (κ2) is 7.84. The minimum Gasteiger partial charge on any atom is -0.494 e. The minimum absolute atomic E-state index is 0.196. The Balaban J connectivity index is 2.53. The molecule has 0 bridgehead atoms. The van der Waals surface area contributed by atoms with Gasteiger partial charge in [-0.1, -0.05) is 53.7 Å². The molecule has 120 valence electrons. The fourth-order valence-electron chi connectivity index (χ4n) is 2.99. The van der Waals surface area contributed by atoms with Gasteiger partial charge in [-0.15, -0.1) is 0 Å². The van der Waals surface area contributed by atoms with Crippen molar-refractivity contribution in [2.24, 2.45) is 5.41 Å². The highest BCUT2D eigenvalue weighted by Gasteiger charge is 2.27. The van der Waals surface area contributed by atoms with Crippen molar-refractivity contribution < 1.29 is 4.74 Å². The topological polar surface area (TPSA) is 21.3 Å². The summed E-state index contributed by atoms with van der Waals surface area (Å²) in [6.45, 7) is 16.5. The predicted octanol–water partition coefficient (Wildman–Crippen LogP) is 4.78. The summed E-state index contributed by atoms with van der Waals surface area (Å²) in [5.41, 5.74) is 1.92. The van der Waals surface area contributed by atoms with Crippen molar-refractivity contribution in [1.82, 2.24) is 5.32 Å². The molecule has 0 unspecified atom stereocenters. The van der Waals surface area contributed by atoms with Crippen LogP contribution in [-0.4, -0.2) is 19.7 Å². The lowest BCUT2D eigenvalue weighted by molar-refractivity contribution is 0.283. The number of hydrogen-bond acceptors (Lipinski definition) is 2. The number of nitrogens with one attached hydrogen (secondary N) is 1. The van der Waals surface area contributed by atoms with E-state index in [2.05, 4.69) is 71.1 Å². The highest BCUT2D eigenvalue weighted by molar-refractivity contribution is 5.31. The molecule has 0 saturated heterocycles. The van der Waals surface area contributed by atoms with E-state index in [1.807, 2.05) is 0 Å². The molecular formula is C19H33NO. The summed E-state index contributed by atoms with van der Waals surface area (Å²) in [5.74, 6) is 0.974. The SMILES string of the molecule is CCNCCCOc1ccc(C(C)(C)CC(C)(C)C)cc1. The van der Waals surface area contributed by atoms with Crippen LogP contribution in [0.25, 0.3) is 0 Å². The van der Waals surface area contributed by atoms with Crippen molar-refractivity contribution in [2.45, 2.75) is 59.8 Å². The van der Waals surface area contributed by atoms with Crippen LogP contribution < -0.4 is 10.1 Å². The molecule has 0 atom stereocenters. The number of ether oxygens (including phenoxy) is 1. The van der Waals surface area contributed by atoms with Crippen molar-refractivity contribution in [3.05, 3.63) is 29.8 Å². The first-order valence-corrected chi connectivity index (χ1v) is 8.19. The van der Waals surface area contributed by atoms with Crippen LogP contribution in [0.5, 0.6) is 5.75 Å². The molecule has 0 aliphatic carbocycles. The lowest BCUT2D eigenvalue weighted by Gasteiger charge is -2.33. The maximum absolute atomic E-state index is 5.78. The number of benzene rings is 1. The van der Waals surface area contributed by atoms with Crippen LogP contribution in [0, 0.1) is 5.41 Å². The van der Waals surface area contributed by atoms with Gasteiger partial charge in [0.25, 0.3) is 0 Å². The Bertz CT molecular complexity index is 401. The van der Waals surface area contributed by atoms with Gasteiger partial charge in [0.1, 0.15) is 5.75 Å². The first-order chi connectivity index (χ1) is 9.74. The smallest absolute Gasteiger partial charge is 0.119 e. The molecule has 0 spiro atoms. The van der Waals surface area contributed by atoms with Crippen molar-refractivity contribution in [3.63, 3.8) is 0 Å². The van der Waals surface area contributed by atoms with E-state index in [4.69, 9.17) is 4.74 Å². The Hall–Kier alpha value is -1.02. The highest BCUT2D eigenvalue weighted by atomic mass is 16.5. The molecule has 0 heterocycles. The van der Waals surface area contributed by atoms with E-state index in [1.54, 1.807) is 0 Å². The summed E-state index contributed by atoms with van der Waals surface area (Å²) in [7, 11) is 0. The van der Waals surface area contributed by atoms with Crippen LogP contribution in [0.1, 0.15) is 59.9 Å². The zero-order valence-corrected chi connectivity index (χ0v) is 14.8. The molecule has 1 aromatic carbocycles. The normalized spacial score (nSPS) is 12.5. The Morgan fingerprint density at radius 2 is 1.62 bits per heavy atom. The molecule has 0 saturated carbocycles. The van der Waals surface area contributed by atoms with Gasteiger partial charge < -0.3 is 10.1 Å². The second-order valence-electron chi connectivity index (χ2n) is 7.70. The highest BCUT2D eigenvalue weighted by Crippen LogP contribution is 2.36. The Kier molecular flexibility index (Phi) is 6.73. The van der Waals surface area contributed by atoms with E-state index >= 15 is 0 Å². The molecule has 1 aromatic rings. The van der Waals surface area contributed by atoms with Gasteiger partial charge in [0.05, 0.1) is 6.61 Å². The average molecular weight is 291 g/mol. The summed E-state index contributed by atoms with van der Waals surface area (Å²) in [4.78, 5) is 0. The van der Waals surface area contributed by atoms with E-state index < -0.39 is 0 Å². The molecule has 21 heavy (non-hydrogen) atoms. The summed E-state index contributed by atoms with van der Waals surface area (Å²) in [5, 5.41) is 3.31. The van der Waals surface area contributed by atoms with Crippen LogP contribution in [0.4, 0.5) is 0 Å². The molecule has 0 radical (unpaired) electrons. The third-order valence-corrected chi connectivity index (χ3v) is 3.62. The molecule has 2 heteroatoms. The Labute approximate surface area is 131 Å². The molecule has 0 amide bonds. The van der Waals surface area contributed by atoms with E-state index in [9.17, 15) is 0 Å². The van der Waals surface area contributed by atoms with Crippen LogP contribution in [-0.2, 0) is 5.41 Å². The second-order valence-corrected chi connectivity index (χ2v) is 7.70. The molecule has 0 aromatic heterocycles. The fraction of sp³-hybridized carbons (Fsp3) is 0.684. The minimum atomic E-state index is 0.196. The van der Waals surface area contributed by atoms with E-state index in [0.29, 0.717) is 5.41 Å². The van der Waals surface area contributed by atoms with Gasteiger partial charge in [-0.2, -0.15) is 0 Å². The molecule has 1 N–H and O–H groups in total. The Morgan fingerprint density at radius 1 is 1.00 bits per heavy atom. The third-order valence-electron chi connectivity index (χ3n) is 3.62. The van der Waals surface area contributed by atoms with Gasteiger partial charge in [0.15, 0.2) is 0 Å². The monoisotopic (exact) mass is 291 g/mol. The van der Waals surface area contributed by atoms with Gasteiger partial charge in [-0.05, 0) is 54.5 Å². The lowest BCUT2D eigenvalue weighted by Crippen LogP contribution is -2.24. The molecule has 0 aliphatic heterocycles. The van der Waals surface area contributed by atoms with Crippen LogP contribution in [0.2, 0.25) is 0 Å². The first kappa shape index (κ1) is 18.0. The molecular weight excluding hydrogens is 258 g/mol. The molecule has 2 nitrogen and oxygen atoms in total. The van der Waals surface area contributed by atoms with Crippen molar-refractivity contribution >= 4 is 0 Å². The van der Waals surface area contributed by atoms with Crippen molar-refractivity contribution in [2.75, 3.05) is 19.7 Å². The standard InChI is InChI=1S/C19H33NO/c1-7-20-13-8-14-21-17-11-9-16(10-12-17)19(5,6)15-18(2,3)4/h9-12,20H,7-8,13-15H2,1-6H3. The number of hydrogen-bond donors (Lipinski definition) is 1. The van der Waals surface area contributed by atoms with Gasteiger partial charge in [0.2, 0.25) is 0 Å². The number of rotatable bonds is 8. The van der Waals surface area contributed by atoms with E-state index in [-0.39, 0.29) is 5.41 Å². The predicted molar refractivity (Wildman–Crippen MR) is 92.2 cm³/mol. The lowest BCUT2D eigenvalue weighted by atomic mass is 9.72. The fourth-order valence-corrected chi connectivity index (χ4v) is 2.99. The summed E-state index contributed by atoms with van der Waals surface area (Å²) in [6, 6.07) is 8.64. The van der Waals surface area contributed by atoms with Crippen LogP contribution >= 0.6 is 0 Å². The maximum Gasteiger partial charge on any atom is 0.119 e. The largest absolute Gasteiger partial charge is 0.494 e. The zero-order chi connectivity index (χ0) is 15.9. The summed E-state index contributed by atoms with van der Waals surface area (Å²) >= 11 is 0. The molecule has 0 fully saturated rings. The van der Waals surface area contributed by atoms with Gasteiger partial charge in [0, 0.05) is 0 Å². The molecule has 1 rings (SSSR count). The Morgan fingerprint density at radius 3 is 2.14 bits per heavy atom. The van der Waals surface area contributed by atoms with Gasteiger partial charge >= 0.3 is 0 Å². The first-order valence-electron chi connectivity index (χ1n) is 8.19. The van der Waals surface area contributed by atoms with Gasteiger partial charge in [-0.25, -0.2) is 0 Å². The zero-order valence-electron chi connectivity index (χ0n) is 14.8. The van der Waals surface area contributed by atoms with Crippen molar-refractivity contribution in [3.8, 4) is 5.75 Å². The summed E-state index contributed by atoms with van der Waals surface area (Å²) < 4.78 is 5.78. The van der Waals surface area contributed by atoms with Crippen LogP contribution in [0.15, 0.2) is 24.3 Å². The van der Waals surface area contributed by atoms with E-state index in [1.165, 1.54) is 12.0 Å². The third kappa shape index (κ3) is 6.99. The quantitative estimate of drug-likeness (QED) is 0.696. The maximum atomic E-state index is 5.78.